The van der Waals surface area contributed by atoms with Crippen molar-refractivity contribution < 1.29 is 29.3 Å². The molecule has 0 spiro atoms. The van der Waals surface area contributed by atoms with Crippen LogP contribution in [0, 0.1) is 6.92 Å². The number of hydrogen-bond acceptors (Lipinski definition) is 4. The highest BCUT2D eigenvalue weighted by Crippen LogP contribution is 2.16. The highest BCUT2D eigenvalue weighted by Gasteiger charge is 2.02. The Bertz CT molecular complexity index is 743. The molecule has 0 aromatic heterocycles. The number of carbonyl (C=O) groups excluding carboxylic acids is 1. The maximum absolute atomic E-state index is 10.5. The second-order valence-corrected chi connectivity index (χ2v) is 5.42. The molecule has 26 heavy (non-hydrogen) atoms. The summed E-state index contributed by atoms with van der Waals surface area (Å²) in [5, 5.41) is 16.2. The average molecular weight is 359 g/mol. The molecular formula is C19H21NO6. The number of amides is 1. The van der Waals surface area contributed by atoms with Gasteiger partial charge in [0.15, 0.2) is 0 Å². The molecule has 2 rings (SSSR count). The summed E-state index contributed by atoms with van der Waals surface area (Å²) in [6.07, 6.45) is 0.705. The summed E-state index contributed by atoms with van der Waals surface area (Å²) < 4.78 is 5.74. The second kappa shape index (κ2) is 10.5. The lowest BCUT2D eigenvalue weighted by Gasteiger charge is -2.09. The minimum Gasteiger partial charge on any atom is -0.489 e. The van der Waals surface area contributed by atoms with E-state index in [1.165, 1.54) is 11.1 Å². The van der Waals surface area contributed by atoms with Gasteiger partial charge < -0.3 is 20.7 Å². The summed E-state index contributed by atoms with van der Waals surface area (Å²) in [7, 11) is 0. The molecule has 4 N–H and O–H groups in total. The largest absolute Gasteiger partial charge is 0.489 e. The van der Waals surface area contributed by atoms with Crippen molar-refractivity contribution in [1.29, 1.82) is 0 Å². The minimum atomic E-state index is -1.60. The molecule has 0 aliphatic heterocycles. The summed E-state index contributed by atoms with van der Waals surface area (Å²) in [4.78, 5) is 29.1. The molecule has 0 aliphatic rings. The van der Waals surface area contributed by atoms with Gasteiger partial charge in [0.05, 0.1) is 0 Å². The SMILES string of the molecule is Cc1ccccc1COc1ccc(CCC(=O)O)cc1.NC(=O)C(=O)O. The number of carbonyl (C=O) groups is 3. The fourth-order valence-electron chi connectivity index (χ4n) is 1.94. The van der Waals surface area contributed by atoms with Gasteiger partial charge in [0, 0.05) is 6.42 Å². The first-order valence-corrected chi connectivity index (χ1v) is 7.80. The van der Waals surface area contributed by atoms with Crippen LogP contribution in [0.4, 0.5) is 0 Å². The van der Waals surface area contributed by atoms with E-state index in [9.17, 15) is 14.4 Å². The molecule has 7 nitrogen and oxygen atoms in total. The number of benzene rings is 2. The molecule has 2 aromatic rings. The first-order valence-electron chi connectivity index (χ1n) is 7.80. The van der Waals surface area contributed by atoms with Gasteiger partial charge in [-0.1, -0.05) is 36.4 Å². The van der Waals surface area contributed by atoms with E-state index in [-0.39, 0.29) is 6.42 Å². The van der Waals surface area contributed by atoms with E-state index in [2.05, 4.69) is 24.8 Å². The van der Waals surface area contributed by atoms with Crippen LogP contribution in [-0.4, -0.2) is 28.1 Å². The van der Waals surface area contributed by atoms with Crippen LogP contribution in [0.3, 0.4) is 0 Å². The number of aliphatic carboxylic acids is 2. The van der Waals surface area contributed by atoms with Crippen molar-refractivity contribution in [3.05, 3.63) is 65.2 Å². The lowest BCUT2D eigenvalue weighted by Crippen LogP contribution is -2.21. The molecule has 7 heteroatoms. The third kappa shape index (κ3) is 7.96. The van der Waals surface area contributed by atoms with Gasteiger partial charge in [-0.05, 0) is 42.2 Å². The summed E-state index contributed by atoms with van der Waals surface area (Å²) in [5.74, 6) is -2.90. The Kier molecular flexibility index (Phi) is 8.36. The van der Waals surface area contributed by atoms with E-state index >= 15 is 0 Å². The Hall–Kier alpha value is -3.35. The molecule has 1 amide bonds. The highest BCUT2D eigenvalue weighted by molar-refractivity contribution is 6.30. The van der Waals surface area contributed by atoms with Crippen LogP contribution in [0.25, 0.3) is 0 Å². The van der Waals surface area contributed by atoms with Gasteiger partial charge in [-0.25, -0.2) is 4.79 Å². The first kappa shape index (κ1) is 20.7. The Labute approximate surface area is 151 Å². The number of rotatable bonds is 6. The van der Waals surface area contributed by atoms with Crippen LogP contribution in [0.15, 0.2) is 48.5 Å². The van der Waals surface area contributed by atoms with Gasteiger partial charge >= 0.3 is 17.8 Å². The number of nitrogens with two attached hydrogens (primary N) is 1. The summed E-state index contributed by atoms with van der Waals surface area (Å²) in [5.41, 5.74) is 7.59. The number of ether oxygens (including phenoxy) is 1. The zero-order chi connectivity index (χ0) is 19.5. The molecule has 0 atom stereocenters. The van der Waals surface area contributed by atoms with E-state index in [1.807, 2.05) is 36.4 Å². The Morgan fingerprint density at radius 2 is 1.58 bits per heavy atom. The van der Waals surface area contributed by atoms with Crippen molar-refractivity contribution in [3.63, 3.8) is 0 Å². The minimum absolute atomic E-state index is 0.156. The van der Waals surface area contributed by atoms with E-state index in [0.717, 1.165) is 11.3 Å². The fraction of sp³-hybridized carbons (Fsp3) is 0.211. The van der Waals surface area contributed by atoms with Crippen molar-refractivity contribution in [2.24, 2.45) is 5.73 Å². The third-order valence-corrected chi connectivity index (χ3v) is 3.42. The van der Waals surface area contributed by atoms with Gasteiger partial charge in [-0.15, -0.1) is 0 Å². The van der Waals surface area contributed by atoms with Crippen molar-refractivity contribution in [1.82, 2.24) is 0 Å². The molecule has 0 fully saturated rings. The third-order valence-electron chi connectivity index (χ3n) is 3.42. The van der Waals surface area contributed by atoms with Gasteiger partial charge in [-0.2, -0.15) is 0 Å². The molecule has 0 bridgehead atoms. The molecule has 0 saturated heterocycles. The number of carboxylic acids is 2. The maximum atomic E-state index is 10.5. The van der Waals surface area contributed by atoms with E-state index in [1.54, 1.807) is 0 Å². The fourth-order valence-corrected chi connectivity index (χ4v) is 1.94. The van der Waals surface area contributed by atoms with Gasteiger partial charge in [0.2, 0.25) is 0 Å². The van der Waals surface area contributed by atoms with Crippen LogP contribution in [-0.2, 0) is 27.4 Å². The van der Waals surface area contributed by atoms with Crippen LogP contribution in [0.2, 0.25) is 0 Å². The number of primary amides is 1. The Balaban J connectivity index is 0.000000487. The van der Waals surface area contributed by atoms with Gasteiger partial charge in [-0.3, -0.25) is 9.59 Å². The molecule has 0 heterocycles. The molecule has 2 aromatic carbocycles. The first-order chi connectivity index (χ1) is 12.3. The van der Waals surface area contributed by atoms with Gasteiger partial charge in [0.1, 0.15) is 12.4 Å². The predicted molar refractivity (Wildman–Crippen MR) is 94.7 cm³/mol. The molecule has 0 saturated carbocycles. The Morgan fingerprint density at radius 1 is 1.00 bits per heavy atom. The van der Waals surface area contributed by atoms with Crippen LogP contribution in [0.1, 0.15) is 23.1 Å². The highest BCUT2D eigenvalue weighted by atomic mass is 16.5. The van der Waals surface area contributed by atoms with Crippen molar-refractivity contribution in [2.75, 3.05) is 0 Å². The Morgan fingerprint density at radius 3 is 2.08 bits per heavy atom. The summed E-state index contributed by atoms with van der Waals surface area (Å²) >= 11 is 0. The molecular weight excluding hydrogens is 338 g/mol. The average Bonchev–Trinajstić information content (AvgIpc) is 2.60. The molecule has 0 aliphatic carbocycles. The monoisotopic (exact) mass is 359 g/mol. The molecule has 138 valence electrons. The van der Waals surface area contributed by atoms with Crippen molar-refractivity contribution in [2.45, 2.75) is 26.4 Å². The lowest BCUT2D eigenvalue weighted by atomic mass is 10.1. The zero-order valence-corrected chi connectivity index (χ0v) is 14.3. The van der Waals surface area contributed by atoms with Crippen LogP contribution >= 0.6 is 0 Å². The second-order valence-electron chi connectivity index (χ2n) is 5.42. The smallest absolute Gasteiger partial charge is 0.394 e. The normalized spacial score (nSPS) is 9.58. The van der Waals surface area contributed by atoms with E-state index in [0.29, 0.717) is 13.0 Å². The topological polar surface area (TPSA) is 127 Å². The summed E-state index contributed by atoms with van der Waals surface area (Å²) in [6.45, 7) is 2.61. The maximum Gasteiger partial charge on any atom is 0.394 e. The lowest BCUT2D eigenvalue weighted by molar-refractivity contribution is -0.148. The number of hydrogen-bond donors (Lipinski definition) is 3. The van der Waals surface area contributed by atoms with Crippen LogP contribution in [0.5, 0.6) is 5.75 Å². The van der Waals surface area contributed by atoms with Crippen molar-refractivity contribution >= 4 is 17.8 Å². The standard InChI is InChI=1S/C17H18O3.C2H3NO3/c1-13-4-2-3-5-15(13)12-20-16-9-6-14(7-10-16)8-11-17(18)19;3-1(4)2(5)6/h2-7,9-10H,8,11-12H2,1H3,(H,18,19);(H2,3,4)(H,5,6). The van der Waals surface area contributed by atoms with E-state index in [4.69, 9.17) is 14.9 Å². The van der Waals surface area contributed by atoms with Crippen molar-refractivity contribution in [3.8, 4) is 5.75 Å². The van der Waals surface area contributed by atoms with E-state index < -0.39 is 17.8 Å². The molecule has 0 radical (unpaired) electrons. The zero-order valence-electron chi connectivity index (χ0n) is 14.3. The summed E-state index contributed by atoms with van der Waals surface area (Å²) in [6, 6.07) is 15.7. The predicted octanol–water partition coefficient (Wildman–Crippen LogP) is 2.15. The van der Waals surface area contributed by atoms with Crippen LogP contribution < -0.4 is 10.5 Å². The van der Waals surface area contributed by atoms with Gasteiger partial charge in [0.25, 0.3) is 0 Å². The quantitative estimate of drug-likeness (QED) is 0.678. The number of carboxylic acid groups (broad SMARTS) is 2. The molecule has 0 unspecified atom stereocenters. The number of aryl methyl sites for hydroxylation is 2.